The van der Waals surface area contributed by atoms with Crippen molar-refractivity contribution in [2.45, 2.75) is 84.5 Å². The molecule has 1 aromatic rings. The smallest absolute Gasteiger partial charge is 0.313 e. The zero-order valence-electron chi connectivity index (χ0n) is 20.4. The zero-order chi connectivity index (χ0) is 23.5. The van der Waals surface area contributed by atoms with Gasteiger partial charge >= 0.3 is 5.97 Å². The van der Waals surface area contributed by atoms with E-state index in [0.29, 0.717) is 0 Å². The molecule has 2 N–H and O–H groups in total. The van der Waals surface area contributed by atoms with Gasteiger partial charge in [-0.15, -0.1) is 0 Å². The monoisotopic (exact) mass is 444 g/mol. The lowest BCUT2D eigenvalue weighted by atomic mass is 9.59. The predicted molar refractivity (Wildman–Crippen MR) is 130 cm³/mol. The second-order valence-electron chi connectivity index (χ2n) is 9.94. The molecule has 1 aliphatic carbocycles. The van der Waals surface area contributed by atoms with Crippen molar-refractivity contribution >= 4 is 5.97 Å². The van der Waals surface area contributed by atoms with Crippen molar-refractivity contribution in [1.82, 2.24) is 0 Å². The maximum atomic E-state index is 14.1. The highest BCUT2D eigenvalue weighted by molar-refractivity contribution is 5.79. The molecule has 0 radical (unpaired) electrons. The molecule has 0 bridgehead atoms. The minimum Gasteiger partial charge on any atom is -0.464 e. The van der Waals surface area contributed by atoms with Gasteiger partial charge in [0.1, 0.15) is 6.61 Å². The van der Waals surface area contributed by atoms with Crippen LogP contribution in [0.1, 0.15) is 90.0 Å². The third-order valence-electron chi connectivity index (χ3n) is 7.41. The van der Waals surface area contributed by atoms with Gasteiger partial charge in [-0.2, -0.15) is 0 Å². The van der Waals surface area contributed by atoms with Crippen LogP contribution < -0.4 is 0 Å². The lowest BCUT2D eigenvalue weighted by molar-refractivity contribution is -0.168. The molecule has 4 nitrogen and oxygen atoms in total. The molecule has 2 rings (SSSR count). The Morgan fingerprint density at radius 2 is 1.84 bits per heavy atom. The van der Waals surface area contributed by atoms with E-state index in [1.54, 1.807) is 6.92 Å². The Labute approximate surface area is 195 Å². The molecule has 0 spiro atoms. The van der Waals surface area contributed by atoms with Crippen LogP contribution in [0.3, 0.4) is 0 Å². The van der Waals surface area contributed by atoms with Crippen LogP contribution in [0.2, 0.25) is 0 Å². The van der Waals surface area contributed by atoms with Gasteiger partial charge in [-0.3, -0.25) is 4.79 Å². The summed E-state index contributed by atoms with van der Waals surface area (Å²) in [4.78, 5) is 14.1. The highest BCUT2D eigenvalue weighted by Crippen LogP contribution is 2.54. The number of rotatable bonds is 14. The summed E-state index contributed by atoms with van der Waals surface area (Å²) in [6.45, 7) is 5.57. The van der Waals surface area contributed by atoms with E-state index in [0.717, 1.165) is 57.8 Å². The largest absolute Gasteiger partial charge is 0.464 e. The van der Waals surface area contributed by atoms with E-state index < -0.39 is 10.8 Å². The fraction of sp³-hybridized carbons (Fsp3) is 0.679. The fourth-order valence-corrected chi connectivity index (χ4v) is 5.33. The number of hydrogen-bond donors (Lipinski definition) is 2. The van der Waals surface area contributed by atoms with Crippen molar-refractivity contribution in [3.63, 3.8) is 0 Å². The second-order valence-corrected chi connectivity index (χ2v) is 9.94. The first-order valence-corrected chi connectivity index (χ1v) is 12.5. The van der Waals surface area contributed by atoms with Crippen LogP contribution in [0.15, 0.2) is 42.5 Å². The minimum absolute atomic E-state index is 0.0339. The lowest BCUT2D eigenvalue weighted by Crippen LogP contribution is -2.46. The summed E-state index contributed by atoms with van der Waals surface area (Å²) in [5.41, 5.74) is -0.206. The Morgan fingerprint density at radius 3 is 2.41 bits per heavy atom. The first-order chi connectivity index (χ1) is 15.5. The standard InChI is InChI=1S/C28H44O4/c1-4-6-13-19-28(24-16-11-12-17-24,26(31)32-22-27(3,20-29)21-30)25(18-7-5-2)23-14-9-8-10-15-23/h4,6,8-10,14-15,24-25,29-30H,5,7,11-13,16-22H2,1-3H3. The van der Waals surface area contributed by atoms with E-state index >= 15 is 0 Å². The van der Waals surface area contributed by atoms with Crippen molar-refractivity contribution in [3.05, 3.63) is 48.0 Å². The fourth-order valence-electron chi connectivity index (χ4n) is 5.33. The summed E-state index contributed by atoms with van der Waals surface area (Å²) < 4.78 is 6.00. The van der Waals surface area contributed by atoms with Crippen LogP contribution in [-0.4, -0.2) is 36.0 Å². The quantitative estimate of drug-likeness (QED) is 0.272. The molecule has 0 heterocycles. The van der Waals surface area contributed by atoms with Crippen LogP contribution >= 0.6 is 0 Å². The Hall–Kier alpha value is -1.65. The predicted octanol–water partition coefficient (Wildman–Crippen LogP) is 6.03. The number of aliphatic hydroxyl groups is 2. The van der Waals surface area contributed by atoms with Crippen LogP contribution in [0, 0.1) is 16.7 Å². The molecule has 2 atom stereocenters. The number of hydrogen-bond acceptors (Lipinski definition) is 4. The number of unbranched alkanes of at least 4 members (excludes halogenated alkanes) is 1. The van der Waals surface area contributed by atoms with Crippen molar-refractivity contribution in [2.75, 3.05) is 19.8 Å². The average Bonchev–Trinajstić information content (AvgIpc) is 3.37. The molecular formula is C28H44O4. The lowest BCUT2D eigenvalue weighted by Gasteiger charge is -2.44. The highest BCUT2D eigenvalue weighted by Gasteiger charge is 2.53. The molecule has 1 aliphatic rings. The molecule has 0 saturated heterocycles. The number of aliphatic hydroxyl groups excluding tert-OH is 2. The van der Waals surface area contributed by atoms with Crippen molar-refractivity contribution in [1.29, 1.82) is 0 Å². The molecule has 0 aromatic heterocycles. The first-order valence-electron chi connectivity index (χ1n) is 12.5. The van der Waals surface area contributed by atoms with E-state index in [1.165, 1.54) is 5.56 Å². The molecule has 0 aliphatic heterocycles. The van der Waals surface area contributed by atoms with Gasteiger partial charge < -0.3 is 14.9 Å². The van der Waals surface area contributed by atoms with E-state index in [1.807, 2.05) is 13.0 Å². The van der Waals surface area contributed by atoms with Gasteiger partial charge in [0.05, 0.1) is 18.6 Å². The van der Waals surface area contributed by atoms with Crippen molar-refractivity contribution < 1.29 is 19.7 Å². The van der Waals surface area contributed by atoms with Gasteiger partial charge in [0.2, 0.25) is 0 Å². The first kappa shape index (κ1) is 26.6. The van der Waals surface area contributed by atoms with E-state index in [2.05, 4.69) is 43.3 Å². The van der Waals surface area contributed by atoms with Gasteiger partial charge in [0.15, 0.2) is 0 Å². The Kier molecular flexibility index (Phi) is 10.9. The van der Waals surface area contributed by atoms with Crippen LogP contribution in [0.4, 0.5) is 0 Å². The molecule has 0 amide bonds. The molecular weight excluding hydrogens is 400 g/mol. The van der Waals surface area contributed by atoms with Crippen LogP contribution in [0.25, 0.3) is 0 Å². The number of ether oxygens (including phenoxy) is 1. The van der Waals surface area contributed by atoms with Crippen molar-refractivity contribution in [2.24, 2.45) is 16.7 Å². The van der Waals surface area contributed by atoms with Crippen molar-refractivity contribution in [3.8, 4) is 0 Å². The van der Waals surface area contributed by atoms with E-state index in [9.17, 15) is 15.0 Å². The minimum atomic E-state index is -0.827. The molecule has 4 heteroatoms. The second kappa shape index (κ2) is 13.2. The number of carbonyl (C=O) groups excluding carboxylic acids is 1. The normalized spacial score (nSPS) is 18.0. The number of benzene rings is 1. The van der Waals surface area contributed by atoms with Gasteiger partial charge in [-0.1, -0.05) is 82.0 Å². The molecule has 180 valence electrons. The van der Waals surface area contributed by atoms with Gasteiger partial charge in [-0.05, 0) is 50.5 Å². The maximum Gasteiger partial charge on any atom is 0.313 e. The summed E-state index contributed by atoms with van der Waals surface area (Å²) in [5.74, 6) is 0.239. The highest BCUT2D eigenvalue weighted by atomic mass is 16.5. The third-order valence-corrected chi connectivity index (χ3v) is 7.41. The summed E-state index contributed by atoms with van der Waals surface area (Å²) in [6.07, 6.45) is 13.3. The Morgan fingerprint density at radius 1 is 1.19 bits per heavy atom. The molecule has 2 unspecified atom stereocenters. The Bertz CT molecular complexity index is 689. The third kappa shape index (κ3) is 6.45. The molecule has 32 heavy (non-hydrogen) atoms. The van der Waals surface area contributed by atoms with Gasteiger partial charge in [0, 0.05) is 11.3 Å². The number of allylic oxidation sites excluding steroid dienone is 2. The van der Waals surface area contributed by atoms with Gasteiger partial charge in [-0.25, -0.2) is 0 Å². The Balaban J connectivity index is 2.53. The molecule has 1 aromatic carbocycles. The summed E-state index contributed by atoms with van der Waals surface area (Å²) in [5, 5.41) is 19.5. The average molecular weight is 445 g/mol. The number of esters is 1. The molecule has 1 saturated carbocycles. The number of carbonyl (C=O) groups is 1. The van der Waals surface area contributed by atoms with Gasteiger partial charge in [0.25, 0.3) is 0 Å². The van der Waals surface area contributed by atoms with E-state index in [4.69, 9.17) is 4.74 Å². The van der Waals surface area contributed by atoms with Crippen LogP contribution in [-0.2, 0) is 9.53 Å². The topological polar surface area (TPSA) is 66.8 Å². The van der Waals surface area contributed by atoms with E-state index in [-0.39, 0.29) is 37.6 Å². The summed E-state index contributed by atoms with van der Waals surface area (Å²) in [6, 6.07) is 10.5. The SMILES string of the molecule is CC=CCCC(C(=O)OCC(C)(CO)CO)(C1CCCC1)C(CCCC)c1ccccc1. The summed E-state index contributed by atoms with van der Waals surface area (Å²) >= 11 is 0. The molecule has 1 fully saturated rings. The maximum absolute atomic E-state index is 14.1. The summed E-state index contributed by atoms with van der Waals surface area (Å²) in [7, 11) is 0. The van der Waals surface area contributed by atoms with Crippen LogP contribution in [0.5, 0.6) is 0 Å². The zero-order valence-corrected chi connectivity index (χ0v) is 20.4.